The molecule has 0 aromatic carbocycles. The molecule has 0 amide bonds. The first-order chi connectivity index (χ1) is 56.2. The van der Waals surface area contributed by atoms with E-state index in [2.05, 4.69) is 312 Å². The van der Waals surface area contributed by atoms with E-state index in [0.29, 0.717) is 11.6 Å². The molecule has 3 aromatic rings. The number of aryl methyl sites for hydroxylation is 2. The minimum absolute atomic E-state index is 0. The van der Waals surface area contributed by atoms with E-state index in [-0.39, 0.29) is 171 Å². The normalized spacial score (nSPS) is 6.60. The summed E-state index contributed by atoms with van der Waals surface area (Å²) in [5.74, 6) is 1.32. The van der Waals surface area contributed by atoms with Gasteiger partial charge >= 0.3 is 0 Å². The Kier molecular flexibility index (Phi) is 866. The number of halogens is 13. The van der Waals surface area contributed by atoms with Gasteiger partial charge in [0.05, 0.1) is 0 Å². The van der Waals surface area contributed by atoms with E-state index in [4.69, 9.17) is 81.2 Å². The van der Waals surface area contributed by atoms with Crippen LogP contribution in [0.15, 0.2) is 0 Å². The molecule has 3 heterocycles. The van der Waals surface area contributed by atoms with Crippen LogP contribution in [-0.4, -0.2) is 271 Å². The summed E-state index contributed by atoms with van der Waals surface area (Å²) in [6, 6.07) is 0. The number of hydrogen-bond donors (Lipinski definition) is 13. The van der Waals surface area contributed by atoms with Gasteiger partial charge in [-0.1, -0.05) is 368 Å². The van der Waals surface area contributed by atoms with Gasteiger partial charge in [0.25, 0.3) is 0 Å². The van der Waals surface area contributed by atoms with Crippen LogP contribution in [0.3, 0.4) is 0 Å². The summed E-state index contributed by atoms with van der Waals surface area (Å²) in [4.78, 5) is 38.6. The summed E-state index contributed by atoms with van der Waals surface area (Å²) in [5, 5.41) is 24.3. The molecule has 0 aliphatic carbocycles. The van der Waals surface area contributed by atoms with Crippen LogP contribution in [0, 0.1) is 13.8 Å². The predicted molar refractivity (Wildman–Crippen MR) is 680 cm³/mol. The highest BCUT2D eigenvalue weighted by Gasteiger charge is 1.99. The molecular formula is C97H276Cl13N25. The summed E-state index contributed by atoms with van der Waals surface area (Å²) < 4.78 is 0. The quantitative estimate of drug-likeness (QED) is 0.0225. The molecule has 0 aliphatic rings. The molecule has 0 spiro atoms. The Bertz CT molecular complexity index is 1350. The lowest BCUT2D eigenvalue weighted by Gasteiger charge is -2.14. The van der Waals surface area contributed by atoms with Crippen LogP contribution in [0.1, 0.15) is 393 Å². The largest absolute Gasteiger partial charge is 0.333 e. The standard InChI is InChI=1S/C16H35N.C5H6ClN3.C5H14N2.C4H12N2.2C3Cl3N3.3C3H10N2.5C3H8.4C2H6.6CH3Cl.5CH5N.18CH4/c1-3-5-7-9-11-13-15-17-16-14-12-10-8-6-4-2;1-3-7-4(2)9-5(6)8-3;1-6(2)5-7(3)4;1-5-4-6(2)3;2*4-1-7-2(5)9-3(6)8-1;3*1-4-3-5-2;5*1-3-2;15*1-2;;;;;;;;;;;;;;;;;;/h17H,3-16H2,1-2H3;1-2H3;5H2,1-4H3;5H,4H2,1-3H3;;;3*4-5H,3H2,1-2H3;5*3H2,1-2H3;4*1-2H3;6*1H3;5*2H2,1H3;18*1H4. The Morgan fingerprint density at radius 3 is 0.444 bits per heavy atom. The lowest BCUT2D eigenvalue weighted by atomic mass is 10.1. The molecular weight excluding hydrogens is 1980 g/mol. The number of unbranched alkanes of at least 4 members (excludes halogenated alkanes) is 10. The van der Waals surface area contributed by atoms with E-state index in [0.717, 1.165) is 33.3 Å². The van der Waals surface area contributed by atoms with E-state index in [1.807, 2.05) is 119 Å². The van der Waals surface area contributed by atoms with Crippen LogP contribution < -0.4 is 71.2 Å². The van der Waals surface area contributed by atoms with E-state index < -0.39 is 0 Å². The Balaban J connectivity index is -0.0000000155. The maximum absolute atomic E-state index is 5.49. The monoisotopic (exact) mass is 2250 g/mol. The summed E-state index contributed by atoms with van der Waals surface area (Å²) in [6.07, 6.45) is 32.0. The van der Waals surface area contributed by atoms with Crippen LogP contribution in [0.5, 0.6) is 0 Å². The highest BCUT2D eigenvalue weighted by molar-refractivity contribution is 6.34. The third-order valence-corrected chi connectivity index (χ3v) is 8.64. The van der Waals surface area contributed by atoms with Gasteiger partial charge in [0, 0.05) is 71.6 Å². The van der Waals surface area contributed by atoms with Crippen LogP contribution in [-0.2, 0) is 0 Å². The molecule has 18 N–H and O–H groups in total. The third-order valence-electron chi connectivity index (χ3n) is 7.45. The minimum Gasteiger partial charge on any atom is -0.333 e. The Morgan fingerprint density at radius 2 is 0.356 bits per heavy atom. The predicted octanol–water partition coefficient (Wildman–Crippen LogP) is 33.7. The lowest BCUT2D eigenvalue weighted by Crippen LogP contribution is -2.26. The number of hydrogen-bond acceptors (Lipinski definition) is 25. The molecule has 3 rings (SSSR count). The third kappa shape index (κ3) is 587. The van der Waals surface area contributed by atoms with Gasteiger partial charge in [-0.3, -0.25) is 14.7 Å². The van der Waals surface area contributed by atoms with Crippen molar-refractivity contribution >= 4 is 151 Å². The van der Waals surface area contributed by atoms with E-state index >= 15 is 0 Å². The molecule has 880 valence electrons. The Labute approximate surface area is 929 Å². The fraction of sp³-hybridized carbons (Fsp3) is 0.907. The van der Waals surface area contributed by atoms with Crippen LogP contribution >= 0.6 is 151 Å². The second kappa shape index (κ2) is 400. The summed E-state index contributed by atoms with van der Waals surface area (Å²) in [5.41, 5.74) is 22.5. The average molecular weight is 2250 g/mol. The zero-order chi connectivity index (χ0) is 99.9. The van der Waals surface area contributed by atoms with Gasteiger partial charge in [0.15, 0.2) is 0 Å². The average Bonchev–Trinajstić information content (AvgIpc) is 0.931. The maximum Gasteiger partial charge on any atom is 0.227 e. The zero-order valence-electron chi connectivity index (χ0n) is 84.6. The molecule has 0 bridgehead atoms. The van der Waals surface area contributed by atoms with Crippen LogP contribution in [0.4, 0.5) is 0 Å². The number of rotatable bonds is 24. The van der Waals surface area contributed by atoms with Gasteiger partial charge in [-0.2, -0.15) is 29.9 Å². The molecule has 0 fully saturated rings. The van der Waals surface area contributed by atoms with Gasteiger partial charge < -0.3 is 71.2 Å². The first-order valence-electron chi connectivity index (χ1n) is 40.3. The Hall–Kier alpha value is 0.160. The van der Waals surface area contributed by atoms with E-state index in [9.17, 15) is 0 Å². The molecule has 0 saturated heterocycles. The lowest BCUT2D eigenvalue weighted by molar-refractivity contribution is 0.245. The minimum atomic E-state index is 0. The fourth-order valence-electron chi connectivity index (χ4n) is 4.78. The van der Waals surface area contributed by atoms with Crippen LogP contribution in [0.2, 0.25) is 37.0 Å². The molecule has 135 heavy (non-hydrogen) atoms. The van der Waals surface area contributed by atoms with Crippen molar-refractivity contribution in [3.05, 3.63) is 48.6 Å². The van der Waals surface area contributed by atoms with Crippen molar-refractivity contribution in [1.82, 2.24) is 102 Å². The van der Waals surface area contributed by atoms with Crippen molar-refractivity contribution in [3.8, 4) is 0 Å². The zero-order valence-corrected chi connectivity index (χ0v) is 94.5. The molecule has 38 heteroatoms. The number of alkyl halides is 6. The Morgan fingerprint density at radius 1 is 0.222 bits per heavy atom. The van der Waals surface area contributed by atoms with Crippen molar-refractivity contribution in [2.45, 2.75) is 395 Å². The summed E-state index contributed by atoms with van der Waals surface area (Å²) >= 11 is 65.2. The smallest absolute Gasteiger partial charge is 0.227 e. The van der Waals surface area contributed by atoms with Gasteiger partial charge in [-0.25, -0.2) is 15.0 Å². The van der Waals surface area contributed by atoms with Crippen LogP contribution in [0.25, 0.3) is 0 Å². The number of nitrogens with zero attached hydrogens (tertiary/aromatic N) is 12. The summed E-state index contributed by atoms with van der Waals surface area (Å²) in [7, 11) is 33.1. The molecule has 3 aromatic heterocycles. The van der Waals surface area contributed by atoms with Gasteiger partial charge in [-0.15, -0.1) is 69.6 Å². The molecule has 0 unspecified atom stereocenters. The highest BCUT2D eigenvalue weighted by Crippen LogP contribution is 2.10. The van der Waals surface area contributed by atoms with Crippen molar-refractivity contribution in [1.29, 1.82) is 0 Å². The number of nitrogens with two attached hydrogens (primary N) is 5. The van der Waals surface area contributed by atoms with Crippen molar-refractivity contribution in [2.24, 2.45) is 28.7 Å². The topological polar surface area (TPSA) is 352 Å². The number of nitrogens with one attached hydrogen (secondary N) is 8. The molecule has 25 nitrogen and oxygen atoms in total. The second-order valence-corrected chi connectivity index (χ2v) is 21.7. The first kappa shape index (κ1) is 293. The van der Waals surface area contributed by atoms with E-state index in [1.54, 1.807) is 13.8 Å². The molecule has 0 aliphatic heterocycles. The molecule has 0 atom stereocenters. The van der Waals surface area contributed by atoms with E-state index in [1.165, 1.54) is 196 Å². The second-order valence-electron chi connectivity index (χ2n) is 19.3. The summed E-state index contributed by atoms with van der Waals surface area (Å²) in [6.45, 7) is 52.5. The maximum atomic E-state index is 5.49. The van der Waals surface area contributed by atoms with Crippen molar-refractivity contribution in [3.63, 3.8) is 0 Å². The highest BCUT2D eigenvalue weighted by atomic mass is 35.5. The molecule has 0 radical (unpaired) electrons. The van der Waals surface area contributed by atoms with Crippen molar-refractivity contribution in [2.75, 3.05) is 212 Å². The van der Waals surface area contributed by atoms with Gasteiger partial charge in [0.1, 0.15) is 11.6 Å². The first-order valence-corrected chi connectivity index (χ1v) is 47.5. The van der Waals surface area contributed by atoms with Gasteiger partial charge in [-0.05, 0) is 248 Å². The van der Waals surface area contributed by atoms with Crippen molar-refractivity contribution < 1.29 is 0 Å². The van der Waals surface area contributed by atoms with Gasteiger partial charge in [0.2, 0.25) is 37.0 Å². The molecule has 0 saturated carbocycles. The number of aromatic nitrogens is 9. The SMILES string of the molecule is C.C.C.C.C.C.C.C.C.C.C.C.C.C.C.C.C.C.CC.CC.CC.CC.CCC.CCC.CCC.CCC.CCC.CCCCCCCCNCCCCCCCC.CCl.CCl.CCl.CCl.CCl.CCl.CN.CN.CN.CN.CN.CN(C)CN(C)C.CNCN(C)C.CNCNC.CNCNC.CNCNC.Cc1nc(C)nc(Cl)n1.Clc1nc(Cl)nc(Cl)n1.Clc1nc(Cl)nc(Cl)n1. The fourth-order valence-corrected chi connectivity index (χ4v) is 6.25.